The van der Waals surface area contributed by atoms with Crippen LogP contribution < -0.4 is 10.6 Å². The number of anilines is 2. The van der Waals surface area contributed by atoms with E-state index in [1.807, 2.05) is 0 Å². The fraction of sp³-hybridized carbons (Fsp3) is 0.125. The highest BCUT2D eigenvalue weighted by atomic mass is 16.3. The first-order valence-corrected chi connectivity index (χ1v) is 6.47. The van der Waals surface area contributed by atoms with E-state index in [-0.39, 0.29) is 18.4 Å². The van der Waals surface area contributed by atoms with Gasteiger partial charge in [0.05, 0.1) is 6.61 Å². The average Bonchev–Trinajstić information content (AvgIpc) is 2.47. The van der Waals surface area contributed by atoms with E-state index in [1.54, 1.807) is 48.5 Å². The fourth-order valence-corrected chi connectivity index (χ4v) is 1.86. The molecule has 2 aromatic carbocycles. The number of hydrogen-bond acceptors (Lipinski definition) is 3. The third-order valence-electron chi connectivity index (χ3n) is 2.83. The standard InChI is InChI=1S/C16H16N2O3/c1-11(20)17-14-7-5-13(6-8-14)16(21)18-15-4-2-3-12(9-15)10-19/h2-9,19H,10H2,1H3,(H,17,20)(H,18,21). The van der Waals surface area contributed by atoms with Gasteiger partial charge in [0.15, 0.2) is 0 Å². The van der Waals surface area contributed by atoms with Crippen molar-refractivity contribution >= 4 is 23.2 Å². The highest BCUT2D eigenvalue weighted by molar-refractivity contribution is 6.04. The van der Waals surface area contributed by atoms with Gasteiger partial charge in [0.2, 0.25) is 5.91 Å². The van der Waals surface area contributed by atoms with E-state index in [0.717, 1.165) is 5.56 Å². The van der Waals surface area contributed by atoms with Gasteiger partial charge in [-0.15, -0.1) is 0 Å². The highest BCUT2D eigenvalue weighted by Gasteiger charge is 2.06. The Morgan fingerprint density at radius 3 is 2.33 bits per heavy atom. The number of nitrogens with one attached hydrogen (secondary N) is 2. The zero-order chi connectivity index (χ0) is 15.2. The molecule has 0 spiro atoms. The van der Waals surface area contributed by atoms with Crippen LogP contribution in [0.25, 0.3) is 0 Å². The van der Waals surface area contributed by atoms with Gasteiger partial charge in [-0.1, -0.05) is 12.1 Å². The molecule has 0 atom stereocenters. The van der Waals surface area contributed by atoms with Gasteiger partial charge in [-0.3, -0.25) is 9.59 Å². The molecular weight excluding hydrogens is 268 g/mol. The second-order valence-corrected chi connectivity index (χ2v) is 4.57. The van der Waals surface area contributed by atoms with Crippen molar-refractivity contribution in [1.29, 1.82) is 0 Å². The smallest absolute Gasteiger partial charge is 0.255 e. The Labute approximate surface area is 122 Å². The number of carbonyl (C=O) groups is 2. The Morgan fingerprint density at radius 2 is 1.71 bits per heavy atom. The minimum absolute atomic E-state index is 0.0743. The van der Waals surface area contributed by atoms with Gasteiger partial charge in [0.1, 0.15) is 0 Å². The molecule has 0 bridgehead atoms. The van der Waals surface area contributed by atoms with Crippen LogP contribution in [0.15, 0.2) is 48.5 Å². The SMILES string of the molecule is CC(=O)Nc1ccc(C(=O)Nc2cccc(CO)c2)cc1. The van der Waals surface area contributed by atoms with E-state index in [0.29, 0.717) is 16.9 Å². The van der Waals surface area contributed by atoms with Crippen molar-refractivity contribution in [2.24, 2.45) is 0 Å². The predicted molar refractivity (Wildman–Crippen MR) is 81.1 cm³/mol. The summed E-state index contributed by atoms with van der Waals surface area (Å²) < 4.78 is 0. The summed E-state index contributed by atoms with van der Waals surface area (Å²) in [5, 5.41) is 14.5. The first-order valence-electron chi connectivity index (χ1n) is 6.47. The Kier molecular flexibility index (Phi) is 4.68. The summed E-state index contributed by atoms with van der Waals surface area (Å²) in [5.41, 5.74) is 2.48. The van der Waals surface area contributed by atoms with E-state index >= 15 is 0 Å². The molecule has 0 unspecified atom stereocenters. The van der Waals surface area contributed by atoms with Crippen molar-refractivity contribution in [3.8, 4) is 0 Å². The van der Waals surface area contributed by atoms with E-state index in [9.17, 15) is 9.59 Å². The molecule has 0 fully saturated rings. The number of carbonyl (C=O) groups excluding carboxylic acids is 2. The van der Waals surface area contributed by atoms with Crippen molar-refractivity contribution < 1.29 is 14.7 Å². The van der Waals surface area contributed by atoms with Crippen molar-refractivity contribution in [1.82, 2.24) is 0 Å². The molecule has 0 aromatic heterocycles. The van der Waals surface area contributed by atoms with E-state index in [1.165, 1.54) is 6.92 Å². The molecule has 2 rings (SSSR count). The number of benzene rings is 2. The Morgan fingerprint density at radius 1 is 1.00 bits per heavy atom. The predicted octanol–water partition coefficient (Wildman–Crippen LogP) is 2.39. The quantitative estimate of drug-likeness (QED) is 0.806. The van der Waals surface area contributed by atoms with Crippen molar-refractivity contribution in [2.75, 3.05) is 10.6 Å². The summed E-state index contributed by atoms with van der Waals surface area (Å²) in [4.78, 5) is 23.0. The number of aliphatic hydroxyl groups is 1. The minimum atomic E-state index is -0.250. The molecule has 3 N–H and O–H groups in total. The number of hydrogen-bond donors (Lipinski definition) is 3. The molecule has 0 saturated carbocycles. The maximum atomic E-state index is 12.1. The zero-order valence-corrected chi connectivity index (χ0v) is 11.6. The first-order chi connectivity index (χ1) is 10.1. The molecule has 0 aliphatic rings. The van der Waals surface area contributed by atoms with Gasteiger partial charge >= 0.3 is 0 Å². The molecule has 2 amide bonds. The summed E-state index contributed by atoms with van der Waals surface area (Å²) in [6.45, 7) is 1.35. The van der Waals surface area contributed by atoms with E-state index in [2.05, 4.69) is 10.6 Å². The Balaban J connectivity index is 2.07. The zero-order valence-electron chi connectivity index (χ0n) is 11.6. The van der Waals surface area contributed by atoms with Gasteiger partial charge in [-0.05, 0) is 42.0 Å². The van der Waals surface area contributed by atoms with Crippen LogP contribution in [0.1, 0.15) is 22.8 Å². The maximum absolute atomic E-state index is 12.1. The summed E-state index contributed by atoms with van der Waals surface area (Å²) >= 11 is 0. The molecule has 0 heterocycles. The van der Waals surface area contributed by atoms with Crippen LogP contribution in [-0.4, -0.2) is 16.9 Å². The number of aliphatic hydroxyl groups excluding tert-OH is 1. The van der Waals surface area contributed by atoms with Gasteiger partial charge in [-0.25, -0.2) is 0 Å². The molecular formula is C16H16N2O3. The Hall–Kier alpha value is -2.66. The van der Waals surface area contributed by atoms with Gasteiger partial charge in [-0.2, -0.15) is 0 Å². The third-order valence-corrected chi connectivity index (χ3v) is 2.83. The lowest BCUT2D eigenvalue weighted by molar-refractivity contribution is -0.114. The molecule has 0 saturated heterocycles. The average molecular weight is 284 g/mol. The van der Waals surface area contributed by atoms with Crippen molar-refractivity contribution in [2.45, 2.75) is 13.5 Å². The Bertz CT molecular complexity index is 651. The maximum Gasteiger partial charge on any atom is 0.255 e. The molecule has 5 nitrogen and oxygen atoms in total. The summed E-state index contributed by atoms with van der Waals surface area (Å²) in [6.07, 6.45) is 0. The third kappa shape index (κ3) is 4.15. The number of rotatable bonds is 4. The normalized spacial score (nSPS) is 10.0. The van der Waals surface area contributed by atoms with Crippen LogP contribution in [0.4, 0.5) is 11.4 Å². The largest absolute Gasteiger partial charge is 0.392 e. The monoisotopic (exact) mass is 284 g/mol. The second-order valence-electron chi connectivity index (χ2n) is 4.57. The first kappa shape index (κ1) is 14.7. The molecule has 0 aliphatic heterocycles. The highest BCUT2D eigenvalue weighted by Crippen LogP contribution is 2.14. The summed E-state index contributed by atoms with van der Waals surface area (Å²) in [7, 11) is 0. The van der Waals surface area contributed by atoms with Gasteiger partial charge in [0, 0.05) is 23.9 Å². The van der Waals surface area contributed by atoms with Crippen molar-refractivity contribution in [3.63, 3.8) is 0 Å². The van der Waals surface area contributed by atoms with Crippen LogP contribution in [0.3, 0.4) is 0 Å². The topological polar surface area (TPSA) is 78.4 Å². The summed E-state index contributed by atoms with van der Waals surface area (Å²) in [6, 6.07) is 13.6. The van der Waals surface area contributed by atoms with E-state index in [4.69, 9.17) is 5.11 Å². The molecule has 2 aromatic rings. The van der Waals surface area contributed by atoms with Crippen LogP contribution in [0.2, 0.25) is 0 Å². The molecule has 0 aliphatic carbocycles. The van der Waals surface area contributed by atoms with Crippen LogP contribution >= 0.6 is 0 Å². The minimum Gasteiger partial charge on any atom is -0.392 e. The van der Waals surface area contributed by atoms with Crippen LogP contribution in [0.5, 0.6) is 0 Å². The molecule has 5 heteroatoms. The molecule has 21 heavy (non-hydrogen) atoms. The second kappa shape index (κ2) is 6.67. The number of amides is 2. The fourth-order valence-electron chi connectivity index (χ4n) is 1.86. The van der Waals surface area contributed by atoms with Gasteiger partial charge < -0.3 is 15.7 Å². The van der Waals surface area contributed by atoms with Gasteiger partial charge in [0.25, 0.3) is 5.91 Å². The van der Waals surface area contributed by atoms with Crippen LogP contribution in [0, 0.1) is 0 Å². The summed E-state index contributed by atoms with van der Waals surface area (Å²) in [5.74, 6) is -0.410. The lowest BCUT2D eigenvalue weighted by Crippen LogP contribution is -2.12. The lowest BCUT2D eigenvalue weighted by Gasteiger charge is -2.07. The molecule has 0 radical (unpaired) electrons. The van der Waals surface area contributed by atoms with E-state index < -0.39 is 0 Å². The molecule has 108 valence electrons. The lowest BCUT2D eigenvalue weighted by atomic mass is 10.1. The van der Waals surface area contributed by atoms with Crippen LogP contribution in [-0.2, 0) is 11.4 Å². The van der Waals surface area contributed by atoms with Crippen molar-refractivity contribution in [3.05, 3.63) is 59.7 Å².